The first-order valence-electron chi connectivity index (χ1n) is 8.66. The van der Waals surface area contributed by atoms with Crippen LogP contribution in [0.5, 0.6) is 0 Å². The van der Waals surface area contributed by atoms with Gasteiger partial charge in [0.2, 0.25) is 0 Å². The Labute approximate surface area is 201 Å². The van der Waals surface area contributed by atoms with Crippen LogP contribution >= 0.6 is 55.4 Å². The number of fused-ring (bicyclic) bond motifs is 1. The van der Waals surface area contributed by atoms with Crippen LogP contribution in [0.25, 0.3) is 11.0 Å². The Morgan fingerprint density at radius 1 is 0.793 bits per heavy atom. The molecule has 8 heteroatoms. The standard InChI is InChI=1S/C21H17Br2N3S2.ClH/c22-15-7-1-5-11-19(15)27-13-25-17-9-3-4-10-18(17)26(21(25)24)14-28-20-12-6-2-8-16(20)23;/h1-12,24H,13-14H2;1H. The number of benzene rings is 3. The van der Waals surface area contributed by atoms with Gasteiger partial charge in [-0.3, -0.25) is 5.73 Å². The Morgan fingerprint density at radius 2 is 1.34 bits per heavy atom. The monoisotopic (exact) mass is 569 g/mol. The molecule has 4 aromatic rings. The van der Waals surface area contributed by atoms with Crippen molar-refractivity contribution in [1.82, 2.24) is 4.57 Å². The molecule has 0 saturated heterocycles. The van der Waals surface area contributed by atoms with Gasteiger partial charge < -0.3 is 12.4 Å². The van der Waals surface area contributed by atoms with E-state index < -0.39 is 0 Å². The van der Waals surface area contributed by atoms with E-state index in [4.69, 9.17) is 5.73 Å². The first-order valence-corrected chi connectivity index (χ1v) is 12.2. The van der Waals surface area contributed by atoms with Crippen LogP contribution in [0.2, 0.25) is 0 Å². The molecule has 29 heavy (non-hydrogen) atoms. The minimum atomic E-state index is 0. The van der Waals surface area contributed by atoms with E-state index in [9.17, 15) is 0 Å². The highest BCUT2D eigenvalue weighted by molar-refractivity contribution is 9.10. The van der Waals surface area contributed by atoms with Gasteiger partial charge in [-0.1, -0.05) is 59.9 Å². The lowest BCUT2D eigenvalue weighted by molar-refractivity contribution is -0.635. The van der Waals surface area contributed by atoms with Crippen molar-refractivity contribution in [1.29, 1.82) is 0 Å². The quantitative estimate of drug-likeness (QED) is 0.284. The normalized spacial score (nSPS) is 10.8. The largest absolute Gasteiger partial charge is 1.00 e. The minimum absolute atomic E-state index is 0. The van der Waals surface area contributed by atoms with E-state index in [1.54, 1.807) is 23.5 Å². The molecule has 0 unspecified atom stereocenters. The summed E-state index contributed by atoms with van der Waals surface area (Å²) in [6, 6.07) is 24.9. The molecule has 0 radical (unpaired) electrons. The van der Waals surface area contributed by atoms with E-state index in [1.165, 1.54) is 9.79 Å². The van der Waals surface area contributed by atoms with Gasteiger partial charge in [0.15, 0.2) is 0 Å². The summed E-state index contributed by atoms with van der Waals surface area (Å²) in [5, 5.41) is 0. The van der Waals surface area contributed by atoms with Gasteiger partial charge in [-0.25, -0.2) is 9.13 Å². The fourth-order valence-electron chi connectivity index (χ4n) is 2.98. The number of imidazole rings is 1. The molecule has 4 rings (SSSR count). The summed E-state index contributed by atoms with van der Waals surface area (Å²) >= 11 is 10.8. The minimum Gasteiger partial charge on any atom is -1.00 e. The van der Waals surface area contributed by atoms with Crippen LogP contribution in [0.1, 0.15) is 0 Å². The number of anilines is 1. The second-order valence-corrected chi connectivity index (χ2v) is 9.79. The smallest absolute Gasteiger partial charge is 0.357 e. The number of nitrogens with zero attached hydrogens (tertiary/aromatic N) is 2. The van der Waals surface area contributed by atoms with Crippen molar-refractivity contribution in [2.45, 2.75) is 21.5 Å². The van der Waals surface area contributed by atoms with Crippen LogP contribution in [0, 0.1) is 0 Å². The number of hydrogen-bond donors (Lipinski definition) is 1. The van der Waals surface area contributed by atoms with Gasteiger partial charge in [-0.2, -0.15) is 0 Å². The molecule has 1 heterocycles. The summed E-state index contributed by atoms with van der Waals surface area (Å²) in [6.07, 6.45) is 0. The highest BCUT2D eigenvalue weighted by atomic mass is 79.9. The molecular weight excluding hydrogens is 554 g/mol. The fraction of sp³-hybridized carbons (Fsp3) is 0.0952. The lowest BCUT2D eigenvalue weighted by atomic mass is 10.3. The van der Waals surface area contributed by atoms with E-state index in [2.05, 4.69) is 102 Å². The number of aromatic nitrogens is 2. The van der Waals surface area contributed by atoms with Crippen molar-refractivity contribution in [2.75, 3.05) is 5.73 Å². The SMILES string of the molecule is Nc1n(CSc2ccccc2Br)c2ccccc2[n+]1CSc1ccccc1Br.[Cl-]. The van der Waals surface area contributed by atoms with Crippen molar-refractivity contribution >= 4 is 72.4 Å². The third kappa shape index (κ3) is 4.97. The van der Waals surface area contributed by atoms with Crippen molar-refractivity contribution in [3.05, 3.63) is 81.7 Å². The van der Waals surface area contributed by atoms with E-state index in [0.717, 1.165) is 37.7 Å². The topological polar surface area (TPSA) is 34.8 Å². The summed E-state index contributed by atoms with van der Waals surface area (Å²) in [4.78, 5) is 2.41. The Morgan fingerprint density at radius 3 is 2.00 bits per heavy atom. The lowest BCUT2D eigenvalue weighted by Gasteiger charge is -2.05. The van der Waals surface area contributed by atoms with Gasteiger partial charge in [0.25, 0.3) is 0 Å². The molecule has 0 saturated carbocycles. The molecule has 0 aliphatic rings. The highest BCUT2D eigenvalue weighted by Crippen LogP contribution is 2.31. The van der Waals surface area contributed by atoms with Gasteiger partial charge in [-0.15, -0.1) is 0 Å². The molecule has 0 bridgehead atoms. The maximum atomic E-state index is 6.60. The molecule has 0 aliphatic heterocycles. The number of hydrogen-bond acceptors (Lipinski definition) is 3. The summed E-state index contributed by atoms with van der Waals surface area (Å²) in [5.41, 5.74) is 8.89. The van der Waals surface area contributed by atoms with Crippen molar-refractivity contribution in [2.24, 2.45) is 0 Å². The molecule has 0 aliphatic carbocycles. The van der Waals surface area contributed by atoms with E-state index in [1.807, 2.05) is 12.1 Å². The Hall–Kier alpha value is -1.12. The van der Waals surface area contributed by atoms with Crippen molar-refractivity contribution in [3.63, 3.8) is 0 Å². The van der Waals surface area contributed by atoms with Crippen LogP contribution < -0.4 is 22.7 Å². The predicted molar refractivity (Wildman–Crippen MR) is 127 cm³/mol. The molecule has 3 aromatic carbocycles. The van der Waals surface area contributed by atoms with E-state index in [0.29, 0.717) is 0 Å². The average Bonchev–Trinajstić information content (AvgIpc) is 2.98. The molecule has 0 amide bonds. The molecule has 0 fully saturated rings. The molecule has 0 spiro atoms. The first kappa shape index (κ1) is 22.6. The first-order chi connectivity index (χ1) is 13.6. The molecule has 1 aromatic heterocycles. The zero-order valence-electron chi connectivity index (χ0n) is 15.3. The van der Waals surface area contributed by atoms with Crippen LogP contribution in [-0.2, 0) is 11.8 Å². The number of halogens is 3. The number of nitrogens with two attached hydrogens (primary N) is 1. The molecule has 3 nitrogen and oxygen atoms in total. The highest BCUT2D eigenvalue weighted by Gasteiger charge is 2.21. The maximum Gasteiger partial charge on any atom is 0.357 e. The lowest BCUT2D eigenvalue weighted by Crippen LogP contribution is -3.00. The van der Waals surface area contributed by atoms with Gasteiger partial charge >= 0.3 is 5.95 Å². The van der Waals surface area contributed by atoms with E-state index >= 15 is 0 Å². The third-order valence-corrected chi connectivity index (χ3v) is 8.40. The van der Waals surface area contributed by atoms with Crippen LogP contribution in [0.4, 0.5) is 5.95 Å². The van der Waals surface area contributed by atoms with Crippen LogP contribution in [0.3, 0.4) is 0 Å². The summed E-state index contributed by atoms with van der Waals surface area (Å²) in [6.45, 7) is 0. The molecule has 150 valence electrons. The van der Waals surface area contributed by atoms with Gasteiger partial charge in [-0.05, 0) is 68.3 Å². The zero-order valence-corrected chi connectivity index (χ0v) is 20.8. The molecule has 2 N–H and O–H groups in total. The summed E-state index contributed by atoms with van der Waals surface area (Å²) < 4.78 is 6.57. The second kappa shape index (κ2) is 10.3. The Balaban J connectivity index is 0.00000240. The van der Waals surface area contributed by atoms with Crippen molar-refractivity contribution < 1.29 is 17.0 Å². The number of nitrogen functional groups attached to an aromatic ring is 1. The van der Waals surface area contributed by atoms with Gasteiger partial charge in [0, 0.05) is 18.7 Å². The number of para-hydroxylation sites is 2. The fourth-order valence-corrected chi connectivity index (χ4v) is 6.07. The number of thioether (sulfide) groups is 2. The van der Waals surface area contributed by atoms with Crippen LogP contribution in [0.15, 0.2) is 91.5 Å². The van der Waals surface area contributed by atoms with E-state index in [-0.39, 0.29) is 12.4 Å². The average molecular weight is 572 g/mol. The second-order valence-electron chi connectivity index (χ2n) is 6.11. The van der Waals surface area contributed by atoms with Crippen molar-refractivity contribution in [3.8, 4) is 0 Å². The molecule has 0 atom stereocenters. The zero-order chi connectivity index (χ0) is 19.5. The van der Waals surface area contributed by atoms with Crippen LogP contribution in [-0.4, -0.2) is 4.57 Å². The van der Waals surface area contributed by atoms with Gasteiger partial charge in [0.1, 0.15) is 22.8 Å². The maximum absolute atomic E-state index is 6.60. The predicted octanol–water partition coefficient (Wildman–Crippen LogP) is 3.54. The Kier molecular flexibility index (Phi) is 7.99. The summed E-state index contributed by atoms with van der Waals surface area (Å²) in [7, 11) is 0. The van der Waals surface area contributed by atoms with Gasteiger partial charge in [0.05, 0.1) is 0 Å². The third-order valence-electron chi connectivity index (χ3n) is 4.39. The Bertz CT molecular complexity index is 1050. The number of rotatable bonds is 6. The molecular formula is C21H18Br2ClN3S2. The summed E-state index contributed by atoms with van der Waals surface area (Å²) in [5.74, 6) is 2.27.